The fraction of sp³-hybridized carbons (Fsp3) is 0.611. The van der Waals surface area contributed by atoms with Gasteiger partial charge in [0.25, 0.3) is 0 Å². The largest absolute Gasteiger partial charge is 0.444 e. The topological polar surface area (TPSA) is 49.8 Å². The Labute approximate surface area is 132 Å². The normalized spacial score (nSPS) is 21.9. The van der Waals surface area contributed by atoms with Gasteiger partial charge in [-0.05, 0) is 45.1 Å². The monoisotopic (exact) mass is 303 g/mol. The van der Waals surface area contributed by atoms with Crippen LogP contribution < -0.4 is 0 Å². The van der Waals surface area contributed by atoms with Crippen molar-refractivity contribution in [3.8, 4) is 0 Å². The fourth-order valence-corrected chi connectivity index (χ4v) is 3.68. The minimum Gasteiger partial charge on any atom is -0.444 e. The molecule has 120 valence electrons. The first-order valence-corrected chi connectivity index (χ1v) is 7.99. The van der Waals surface area contributed by atoms with Gasteiger partial charge in [-0.2, -0.15) is 0 Å². The van der Waals surface area contributed by atoms with Crippen LogP contribution in [0, 0.1) is 11.3 Å². The summed E-state index contributed by atoms with van der Waals surface area (Å²) in [6.07, 6.45) is 1.37. The number of rotatable bonds is 2. The van der Waals surface area contributed by atoms with Crippen molar-refractivity contribution in [2.75, 3.05) is 13.1 Å². The molecule has 0 bridgehead atoms. The van der Waals surface area contributed by atoms with Crippen molar-refractivity contribution in [2.24, 2.45) is 11.3 Å². The molecule has 3 rings (SSSR count). The van der Waals surface area contributed by atoms with E-state index in [0.29, 0.717) is 5.92 Å². The first-order chi connectivity index (χ1) is 10.3. The Kier molecular flexibility index (Phi) is 3.68. The number of amides is 1. The molecule has 4 heteroatoms. The van der Waals surface area contributed by atoms with Gasteiger partial charge in [0.2, 0.25) is 0 Å². The Morgan fingerprint density at radius 1 is 1.27 bits per heavy atom. The zero-order valence-electron chi connectivity index (χ0n) is 13.6. The number of aliphatic hydroxyl groups is 1. The molecule has 1 saturated carbocycles. The second-order valence-electron chi connectivity index (χ2n) is 7.86. The highest BCUT2D eigenvalue weighted by atomic mass is 16.6. The highest BCUT2D eigenvalue weighted by Crippen LogP contribution is 2.55. The lowest BCUT2D eigenvalue weighted by Gasteiger charge is -2.59. The van der Waals surface area contributed by atoms with E-state index in [4.69, 9.17) is 4.74 Å². The van der Waals surface area contributed by atoms with E-state index in [2.05, 4.69) is 0 Å². The number of hydrogen-bond acceptors (Lipinski definition) is 3. The number of likely N-dealkylation sites (tertiary alicyclic amines) is 1. The molecule has 1 saturated heterocycles. The second-order valence-corrected chi connectivity index (χ2v) is 7.86. The van der Waals surface area contributed by atoms with Crippen LogP contribution in [0.15, 0.2) is 30.3 Å². The van der Waals surface area contributed by atoms with Gasteiger partial charge in [0, 0.05) is 18.5 Å². The summed E-state index contributed by atoms with van der Waals surface area (Å²) in [5, 5.41) is 10.4. The minimum absolute atomic E-state index is 0.217. The Morgan fingerprint density at radius 2 is 1.86 bits per heavy atom. The molecule has 1 atom stereocenters. The molecule has 1 unspecified atom stereocenters. The molecule has 1 amide bonds. The van der Waals surface area contributed by atoms with Crippen molar-refractivity contribution in [3.63, 3.8) is 0 Å². The van der Waals surface area contributed by atoms with E-state index >= 15 is 0 Å². The maximum atomic E-state index is 12.0. The zero-order valence-corrected chi connectivity index (χ0v) is 13.6. The van der Waals surface area contributed by atoms with Gasteiger partial charge in [0.05, 0.1) is 6.10 Å². The van der Waals surface area contributed by atoms with Gasteiger partial charge in [0.1, 0.15) is 5.60 Å². The van der Waals surface area contributed by atoms with Crippen LogP contribution in [0.2, 0.25) is 0 Å². The standard InChI is InChI=1S/C18H25NO3/c1-17(2,3)22-16(21)19-11-18(12-19)9-14(10-18)15(20)13-7-5-4-6-8-13/h4-8,14-15,20H,9-12H2,1-3H3. The summed E-state index contributed by atoms with van der Waals surface area (Å²) in [5.41, 5.74) is 0.772. The molecule has 22 heavy (non-hydrogen) atoms. The van der Waals surface area contributed by atoms with Crippen LogP contribution in [0.1, 0.15) is 45.3 Å². The average Bonchev–Trinajstić information content (AvgIpc) is 2.34. The van der Waals surface area contributed by atoms with Gasteiger partial charge in [-0.1, -0.05) is 30.3 Å². The Morgan fingerprint density at radius 3 is 2.41 bits per heavy atom. The van der Waals surface area contributed by atoms with Crippen LogP contribution in [-0.2, 0) is 4.74 Å². The van der Waals surface area contributed by atoms with Gasteiger partial charge in [-0.25, -0.2) is 4.79 Å². The lowest BCUT2D eigenvalue weighted by molar-refractivity contribution is -0.123. The number of hydrogen-bond donors (Lipinski definition) is 1. The number of ether oxygens (including phenoxy) is 1. The SMILES string of the molecule is CC(C)(C)OC(=O)N1CC2(CC(C(O)c3ccccc3)C2)C1. The Bertz CT molecular complexity index is 535. The number of nitrogens with zero attached hydrogens (tertiary/aromatic N) is 1. The Balaban J connectivity index is 1.48. The van der Waals surface area contributed by atoms with E-state index in [1.54, 1.807) is 4.90 Å². The van der Waals surface area contributed by atoms with Gasteiger partial charge >= 0.3 is 6.09 Å². The smallest absolute Gasteiger partial charge is 0.410 e. The Hall–Kier alpha value is -1.55. The van der Waals surface area contributed by atoms with Crippen molar-refractivity contribution in [1.29, 1.82) is 0 Å². The van der Waals surface area contributed by atoms with Crippen molar-refractivity contribution in [3.05, 3.63) is 35.9 Å². The number of aliphatic hydroxyl groups excluding tert-OH is 1. The van der Waals surface area contributed by atoms with E-state index in [0.717, 1.165) is 31.5 Å². The molecule has 2 fully saturated rings. The molecule has 1 N–H and O–H groups in total. The van der Waals surface area contributed by atoms with Crippen LogP contribution >= 0.6 is 0 Å². The van der Waals surface area contributed by atoms with E-state index in [-0.39, 0.29) is 17.6 Å². The third-order valence-electron chi connectivity index (χ3n) is 4.68. The molecule has 4 nitrogen and oxygen atoms in total. The molecule has 2 aliphatic rings. The molecule has 1 aromatic rings. The number of carbonyl (C=O) groups is 1. The molecule has 1 aromatic carbocycles. The quantitative estimate of drug-likeness (QED) is 0.911. The lowest BCUT2D eigenvalue weighted by Crippen LogP contribution is -2.64. The average molecular weight is 303 g/mol. The maximum Gasteiger partial charge on any atom is 0.410 e. The van der Waals surface area contributed by atoms with E-state index in [1.807, 2.05) is 51.1 Å². The first kappa shape index (κ1) is 15.3. The minimum atomic E-state index is -0.439. The summed E-state index contributed by atoms with van der Waals surface area (Å²) >= 11 is 0. The summed E-state index contributed by atoms with van der Waals surface area (Å²) in [4.78, 5) is 13.7. The maximum absolute atomic E-state index is 12.0. The van der Waals surface area contributed by atoms with Crippen molar-refractivity contribution in [2.45, 2.75) is 45.3 Å². The third-order valence-corrected chi connectivity index (χ3v) is 4.68. The lowest BCUT2D eigenvalue weighted by atomic mass is 9.56. The van der Waals surface area contributed by atoms with Crippen molar-refractivity contribution >= 4 is 6.09 Å². The number of carbonyl (C=O) groups excluding carboxylic acids is 1. The van der Waals surface area contributed by atoms with Gasteiger partial charge in [-0.3, -0.25) is 0 Å². The summed E-state index contributed by atoms with van der Waals surface area (Å²) in [7, 11) is 0. The third kappa shape index (κ3) is 2.98. The fourth-order valence-electron chi connectivity index (χ4n) is 3.68. The highest BCUT2D eigenvalue weighted by Gasteiger charge is 2.55. The van der Waals surface area contributed by atoms with Crippen LogP contribution in [0.5, 0.6) is 0 Å². The molecular formula is C18H25NO3. The van der Waals surface area contributed by atoms with Crippen molar-refractivity contribution in [1.82, 2.24) is 4.90 Å². The highest BCUT2D eigenvalue weighted by molar-refractivity contribution is 5.69. The molecular weight excluding hydrogens is 278 g/mol. The molecule has 0 aromatic heterocycles. The molecule has 1 aliphatic heterocycles. The van der Waals surface area contributed by atoms with Crippen LogP contribution in [-0.4, -0.2) is 34.8 Å². The van der Waals surface area contributed by atoms with E-state index in [1.165, 1.54) is 0 Å². The predicted octanol–water partition coefficient (Wildman–Crippen LogP) is 3.37. The summed E-state index contributed by atoms with van der Waals surface area (Å²) in [6.45, 7) is 7.18. The second kappa shape index (κ2) is 5.27. The van der Waals surface area contributed by atoms with E-state index < -0.39 is 5.60 Å². The van der Waals surface area contributed by atoms with Crippen LogP contribution in [0.4, 0.5) is 4.79 Å². The summed E-state index contributed by atoms with van der Waals surface area (Å²) in [5.74, 6) is 0.309. The van der Waals surface area contributed by atoms with Crippen molar-refractivity contribution < 1.29 is 14.6 Å². The van der Waals surface area contributed by atoms with Gasteiger partial charge < -0.3 is 14.7 Å². The molecule has 1 aliphatic carbocycles. The number of benzene rings is 1. The first-order valence-electron chi connectivity index (χ1n) is 7.99. The molecule has 1 spiro atoms. The van der Waals surface area contributed by atoms with E-state index in [9.17, 15) is 9.90 Å². The summed E-state index contributed by atoms with van der Waals surface area (Å²) in [6, 6.07) is 9.83. The zero-order chi connectivity index (χ0) is 16.0. The summed E-state index contributed by atoms with van der Waals surface area (Å²) < 4.78 is 5.38. The van der Waals surface area contributed by atoms with Crippen LogP contribution in [0.25, 0.3) is 0 Å². The molecule has 1 heterocycles. The van der Waals surface area contributed by atoms with Gasteiger partial charge in [0.15, 0.2) is 0 Å². The predicted molar refractivity (Wildman–Crippen MR) is 84.4 cm³/mol. The van der Waals surface area contributed by atoms with Gasteiger partial charge in [-0.15, -0.1) is 0 Å². The van der Waals surface area contributed by atoms with Crippen LogP contribution in [0.3, 0.4) is 0 Å². The molecule has 0 radical (unpaired) electrons.